The van der Waals surface area contributed by atoms with Crippen LogP contribution in [0.4, 0.5) is 14.5 Å². The summed E-state index contributed by atoms with van der Waals surface area (Å²) in [6.07, 6.45) is -1.49. The van der Waals surface area contributed by atoms with E-state index in [4.69, 9.17) is 5.73 Å². The van der Waals surface area contributed by atoms with E-state index in [2.05, 4.69) is 4.98 Å². The number of anilines is 1. The summed E-state index contributed by atoms with van der Waals surface area (Å²) in [7, 11) is -3.95. The van der Waals surface area contributed by atoms with Crippen molar-refractivity contribution in [3.8, 4) is 0 Å². The van der Waals surface area contributed by atoms with Crippen molar-refractivity contribution < 1.29 is 17.2 Å². The Bertz CT molecular complexity index is 667. The number of nitrogens with one attached hydrogen (secondary N) is 2. The molecular formula is C10H11F2N3O2S. The van der Waals surface area contributed by atoms with Crippen LogP contribution < -0.4 is 10.5 Å². The lowest BCUT2D eigenvalue weighted by atomic mass is 10.2. The maximum Gasteiger partial charge on any atom is 0.251 e. The molecule has 18 heavy (non-hydrogen) atoms. The minimum Gasteiger partial charge on any atom is -0.399 e. The van der Waals surface area contributed by atoms with E-state index < -0.39 is 23.0 Å². The van der Waals surface area contributed by atoms with Gasteiger partial charge in [-0.1, -0.05) is 0 Å². The molecule has 98 valence electrons. The van der Waals surface area contributed by atoms with E-state index in [0.29, 0.717) is 16.6 Å². The molecule has 4 N–H and O–H groups in total. The van der Waals surface area contributed by atoms with Gasteiger partial charge in [-0.05, 0) is 18.2 Å². The zero-order valence-corrected chi connectivity index (χ0v) is 9.97. The van der Waals surface area contributed by atoms with Crippen LogP contribution in [0.15, 0.2) is 29.3 Å². The van der Waals surface area contributed by atoms with Crippen molar-refractivity contribution in [2.45, 2.75) is 11.3 Å². The third kappa shape index (κ3) is 2.44. The quantitative estimate of drug-likeness (QED) is 0.735. The van der Waals surface area contributed by atoms with Gasteiger partial charge in [0.05, 0.1) is 6.54 Å². The number of nitrogen functional groups attached to an aromatic ring is 1. The van der Waals surface area contributed by atoms with Crippen molar-refractivity contribution in [1.82, 2.24) is 9.71 Å². The molecule has 0 spiro atoms. The van der Waals surface area contributed by atoms with Crippen LogP contribution in [-0.2, 0) is 10.0 Å². The first kappa shape index (κ1) is 12.8. The summed E-state index contributed by atoms with van der Waals surface area (Å²) in [5, 5.41) is 0.408. The van der Waals surface area contributed by atoms with Gasteiger partial charge in [-0.2, -0.15) is 0 Å². The molecule has 0 fully saturated rings. The topological polar surface area (TPSA) is 88.0 Å². The molecule has 2 rings (SSSR count). The van der Waals surface area contributed by atoms with Crippen molar-refractivity contribution >= 4 is 26.6 Å². The molecule has 0 unspecified atom stereocenters. The first-order chi connectivity index (χ1) is 8.40. The number of alkyl halides is 2. The third-order valence-corrected chi connectivity index (χ3v) is 3.85. The summed E-state index contributed by atoms with van der Waals surface area (Å²) >= 11 is 0. The fraction of sp³-hybridized carbons (Fsp3) is 0.200. The van der Waals surface area contributed by atoms with Gasteiger partial charge < -0.3 is 10.7 Å². The number of fused-ring (bicyclic) bond motifs is 1. The standard InChI is InChI=1S/C10H11F2N3O2S/c11-10(12)5-15-18(16,17)9-4-14-8-3-6(13)1-2-7(8)9/h1-4,10,14-15H,5,13H2. The highest BCUT2D eigenvalue weighted by Gasteiger charge is 2.20. The first-order valence-electron chi connectivity index (χ1n) is 5.04. The predicted octanol–water partition coefficient (Wildman–Crippen LogP) is 1.29. The summed E-state index contributed by atoms with van der Waals surface area (Å²) in [5.41, 5.74) is 6.57. The minimum absolute atomic E-state index is 0.0712. The number of aromatic amines is 1. The van der Waals surface area contributed by atoms with Crippen molar-refractivity contribution in [2.24, 2.45) is 0 Å². The Labute approximate surface area is 102 Å². The van der Waals surface area contributed by atoms with Crippen LogP contribution in [-0.4, -0.2) is 26.4 Å². The average molecular weight is 275 g/mol. The van der Waals surface area contributed by atoms with Crippen LogP contribution in [0.2, 0.25) is 0 Å². The van der Waals surface area contributed by atoms with Gasteiger partial charge in [0.25, 0.3) is 6.43 Å². The summed E-state index contributed by atoms with van der Waals surface area (Å²) in [6, 6.07) is 4.64. The maximum atomic E-state index is 12.0. The number of benzene rings is 1. The molecule has 0 aliphatic carbocycles. The zero-order chi connectivity index (χ0) is 13.3. The Morgan fingerprint density at radius 1 is 1.39 bits per heavy atom. The molecule has 0 amide bonds. The van der Waals surface area contributed by atoms with E-state index in [1.165, 1.54) is 12.3 Å². The number of sulfonamides is 1. The molecule has 2 aromatic rings. The van der Waals surface area contributed by atoms with Gasteiger partial charge in [0, 0.05) is 22.8 Å². The lowest BCUT2D eigenvalue weighted by molar-refractivity contribution is 0.153. The van der Waals surface area contributed by atoms with Crippen LogP contribution >= 0.6 is 0 Å². The summed E-state index contributed by atoms with van der Waals surface area (Å²) in [6.45, 7) is -0.913. The van der Waals surface area contributed by atoms with Crippen LogP contribution in [0.5, 0.6) is 0 Å². The van der Waals surface area contributed by atoms with Gasteiger partial charge in [0.2, 0.25) is 10.0 Å². The second kappa shape index (κ2) is 4.54. The second-order valence-corrected chi connectivity index (χ2v) is 5.44. The van der Waals surface area contributed by atoms with Crippen LogP contribution in [0.25, 0.3) is 10.9 Å². The Morgan fingerprint density at radius 3 is 2.78 bits per heavy atom. The predicted molar refractivity (Wildman–Crippen MR) is 63.9 cm³/mol. The summed E-state index contributed by atoms with van der Waals surface area (Å²) in [4.78, 5) is 2.66. The number of aromatic nitrogens is 1. The SMILES string of the molecule is Nc1ccc2c(S(=O)(=O)NCC(F)F)c[nH]c2c1. The van der Waals surface area contributed by atoms with E-state index in [1.807, 2.05) is 4.72 Å². The van der Waals surface area contributed by atoms with Crippen molar-refractivity contribution in [2.75, 3.05) is 12.3 Å². The number of H-pyrrole nitrogens is 1. The van der Waals surface area contributed by atoms with Crippen LogP contribution in [0.1, 0.15) is 0 Å². The maximum absolute atomic E-state index is 12.0. The summed E-state index contributed by atoms with van der Waals surface area (Å²) < 4.78 is 49.5. The zero-order valence-electron chi connectivity index (χ0n) is 9.15. The fourth-order valence-corrected chi connectivity index (χ4v) is 2.77. The number of rotatable bonds is 4. The molecule has 0 saturated heterocycles. The monoisotopic (exact) mass is 275 g/mol. The van der Waals surface area contributed by atoms with Gasteiger partial charge >= 0.3 is 0 Å². The Hall–Kier alpha value is -1.67. The number of halogens is 2. The molecule has 0 bridgehead atoms. The highest BCUT2D eigenvalue weighted by atomic mass is 32.2. The largest absolute Gasteiger partial charge is 0.399 e. The molecule has 1 aromatic carbocycles. The number of nitrogens with two attached hydrogens (primary N) is 1. The third-order valence-electron chi connectivity index (χ3n) is 2.39. The van der Waals surface area contributed by atoms with E-state index in [1.54, 1.807) is 12.1 Å². The molecule has 1 heterocycles. The van der Waals surface area contributed by atoms with Gasteiger partial charge in [0.1, 0.15) is 4.90 Å². The smallest absolute Gasteiger partial charge is 0.251 e. The highest BCUT2D eigenvalue weighted by Crippen LogP contribution is 2.24. The van der Waals surface area contributed by atoms with Crippen molar-refractivity contribution in [1.29, 1.82) is 0 Å². The highest BCUT2D eigenvalue weighted by molar-refractivity contribution is 7.89. The van der Waals surface area contributed by atoms with Crippen molar-refractivity contribution in [3.63, 3.8) is 0 Å². The minimum atomic E-state index is -3.95. The molecule has 8 heteroatoms. The molecule has 0 atom stereocenters. The molecule has 0 radical (unpaired) electrons. The van der Waals surface area contributed by atoms with Gasteiger partial charge in [-0.15, -0.1) is 0 Å². The van der Waals surface area contributed by atoms with Crippen LogP contribution in [0.3, 0.4) is 0 Å². The number of hydrogen-bond donors (Lipinski definition) is 3. The second-order valence-electron chi connectivity index (χ2n) is 3.70. The van der Waals surface area contributed by atoms with E-state index in [-0.39, 0.29) is 4.90 Å². The van der Waals surface area contributed by atoms with E-state index in [0.717, 1.165) is 0 Å². The van der Waals surface area contributed by atoms with Crippen molar-refractivity contribution in [3.05, 3.63) is 24.4 Å². The number of hydrogen-bond acceptors (Lipinski definition) is 3. The normalized spacial score (nSPS) is 12.4. The van der Waals surface area contributed by atoms with Gasteiger partial charge in [-0.25, -0.2) is 21.9 Å². The molecule has 0 saturated carbocycles. The van der Waals surface area contributed by atoms with E-state index in [9.17, 15) is 17.2 Å². The molecule has 0 aliphatic rings. The Kier molecular flexibility index (Phi) is 3.22. The van der Waals surface area contributed by atoms with E-state index >= 15 is 0 Å². The van der Waals surface area contributed by atoms with Gasteiger partial charge in [-0.3, -0.25) is 0 Å². The average Bonchev–Trinajstić information content (AvgIpc) is 2.70. The van der Waals surface area contributed by atoms with Crippen LogP contribution in [0, 0.1) is 0 Å². The van der Waals surface area contributed by atoms with Gasteiger partial charge in [0.15, 0.2) is 0 Å². The lowest BCUT2D eigenvalue weighted by Gasteiger charge is -2.04. The molecule has 1 aromatic heterocycles. The molecule has 0 aliphatic heterocycles. The Morgan fingerprint density at radius 2 is 2.11 bits per heavy atom. The first-order valence-corrected chi connectivity index (χ1v) is 6.53. The lowest BCUT2D eigenvalue weighted by Crippen LogP contribution is -2.28. The molecular weight excluding hydrogens is 264 g/mol. The molecule has 5 nitrogen and oxygen atoms in total. The fourth-order valence-electron chi connectivity index (χ4n) is 1.59. The summed E-state index contributed by atoms with van der Waals surface area (Å²) in [5.74, 6) is 0. The Balaban J connectivity index is 2.42.